The monoisotopic (exact) mass is 597 g/mol. The van der Waals surface area contributed by atoms with Gasteiger partial charge in [0.15, 0.2) is 0 Å². The van der Waals surface area contributed by atoms with Crippen LogP contribution in [0.2, 0.25) is 0 Å². The van der Waals surface area contributed by atoms with E-state index in [0.29, 0.717) is 26.2 Å². The predicted molar refractivity (Wildman–Crippen MR) is 182 cm³/mol. The largest absolute Gasteiger partial charge is 0.462 e. The number of methoxy groups -OCH3 is 1. The molecule has 0 rings (SSSR count). The molecule has 42 heavy (non-hydrogen) atoms. The third-order valence-electron chi connectivity index (χ3n) is 8.66. The molecule has 0 aliphatic heterocycles. The number of carbonyl (C=O) groups is 1. The number of hydrogen-bond acceptors (Lipinski definition) is 4. The van der Waals surface area contributed by atoms with Crippen molar-refractivity contribution in [1.29, 1.82) is 0 Å². The highest BCUT2D eigenvalue weighted by Crippen LogP contribution is 2.19. The second-order valence-corrected chi connectivity index (χ2v) is 12.9. The summed E-state index contributed by atoms with van der Waals surface area (Å²) in [4.78, 5) is 12.5. The molecule has 0 spiro atoms. The molecule has 0 saturated carbocycles. The van der Waals surface area contributed by atoms with Gasteiger partial charge < -0.3 is 14.2 Å². The summed E-state index contributed by atoms with van der Waals surface area (Å²) in [6.45, 7) is 6.37. The number of carbonyl (C=O) groups excluding carboxylic acids is 1. The van der Waals surface area contributed by atoms with Gasteiger partial charge in [-0.05, 0) is 32.1 Å². The Morgan fingerprint density at radius 2 is 0.810 bits per heavy atom. The molecular weight excluding hydrogens is 520 g/mol. The Morgan fingerprint density at radius 3 is 1.17 bits per heavy atom. The highest BCUT2D eigenvalue weighted by atomic mass is 16.5. The molecule has 4 nitrogen and oxygen atoms in total. The molecule has 252 valence electrons. The van der Waals surface area contributed by atoms with E-state index in [2.05, 4.69) is 13.8 Å². The van der Waals surface area contributed by atoms with Gasteiger partial charge in [0.2, 0.25) is 0 Å². The predicted octanol–water partition coefficient (Wildman–Crippen LogP) is 12.3. The van der Waals surface area contributed by atoms with Gasteiger partial charge in [-0.1, -0.05) is 168 Å². The van der Waals surface area contributed by atoms with E-state index in [-0.39, 0.29) is 12.1 Å². The van der Waals surface area contributed by atoms with Crippen molar-refractivity contribution in [2.75, 3.05) is 26.9 Å². The minimum Gasteiger partial charge on any atom is -0.462 e. The second-order valence-electron chi connectivity index (χ2n) is 12.9. The second kappa shape index (κ2) is 36.6. The van der Waals surface area contributed by atoms with E-state index in [1.54, 1.807) is 7.11 Å². The van der Waals surface area contributed by atoms with Crippen LogP contribution >= 0.6 is 0 Å². The van der Waals surface area contributed by atoms with Gasteiger partial charge in [0.05, 0.1) is 13.2 Å². The summed E-state index contributed by atoms with van der Waals surface area (Å²) >= 11 is 0. The Kier molecular flexibility index (Phi) is 36.0. The lowest BCUT2D eigenvalue weighted by atomic mass is 10.0. The van der Waals surface area contributed by atoms with Crippen LogP contribution in [0, 0.1) is 0 Å². The van der Waals surface area contributed by atoms with Crippen molar-refractivity contribution in [3.05, 3.63) is 0 Å². The Bertz CT molecular complexity index is 479. The Hall–Kier alpha value is -0.610. The fourth-order valence-electron chi connectivity index (χ4n) is 5.85. The first kappa shape index (κ1) is 41.4. The third kappa shape index (κ3) is 33.9. The standard InChI is InChI=1S/C38H76O4/c1-4-6-8-10-12-14-16-18-20-22-24-26-28-31-37(42-38(39)33-30-34-41-36-35-40-3)32-29-27-25-23-21-19-17-15-13-11-9-7-5-2/h37H,4-36H2,1-3H3. The maximum Gasteiger partial charge on any atom is 0.306 e. The molecule has 0 aliphatic carbocycles. The zero-order valence-electron chi connectivity index (χ0n) is 29.0. The smallest absolute Gasteiger partial charge is 0.306 e. The summed E-state index contributed by atoms with van der Waals surface area (Å²) in [7, 11) is 1.68. The Morgan fingerprint density at radius 1 is 0.452 bits per heavy atom. The lowest BCUT2D eigenvalue weighted by Crippen LogP contribution is -2.19. The van der Waals surface area contributed by atoms with Crippen LogP contribution in [0.1, 0.15) is 206 Å². The molecule has 4 heteroatoms. The Labute approximate surface area is 264 Å². The average molecular weight is 597 g/mol. The summed E-state index contributed by atoms with van der Waals surface area (Å²) in [6, 6.07) is 0. The highest BCUT2D eigenvalue weighted by Gasteiger charge is 2.14. The van der Waals surface area contributed by atoms with Gasteiger partial charge in [0.1, 0.15) is 6.10 Å². The van der Waals surface area contributed by atoms with E-state index in [1.165, 1.54) is 167 Å². The minimum atomic E-state index is -0.0419. The molecule has 0 fully saturated rings. The molecule has 0 atom stereocenters. The van der Waals surface area contributed by atoms with E-state index in [4.69, 9.17) is 14.2 Å². The first-order valence-corrected chi connectivity index (χ1v) is 19.0. The maximum absolute atomic E-state index is 12.5. The molecule has 0 unspecified atom stereocenters. The van der Waals surface area contributed by atoms with Gasteiger partial charge in [-0.3, -0.25) is 4.79 Å². The zero-order valence-corrected chi connectivity index (χ0v) is 29.0. The van der Waals surface area contributed by atoms with Crippen molar-refractivity contribution in [3.8, 4) is 0 Å². The van der Waals surface area contributed by atoms with Crippen molar-refractivity contribution in [3.63, 3.8) is 0 Å². The van der Waals surface area contributed by atoms with Crippen molar-refractivity contribution >= 4 is 5.97 Å². The SMILES string of the molecule is CCCCCCCCCCCCCCCC(CCCCCCCCCCCCCCC)OC(=O)CCCOCCOC. The molecule has 0 bridgehead atoms. The number of esters is 1. The minimum absolute atomic E-state index is 0.0419. The van der Waals surface area contributed by atoms with Crippen molar-refractivity contribution < 1.29 is 19.0 Å². The number of ether oxygens (including phenoxy) is 3. The molecule has 0 aromatic heterocycles. The van der Waals surface area contributed by atoms with Crippen LogP contribution in [0.3, 0.4) is 0 Å². The summed E-state index contributed by atoms with van der Waals surface area (Å²) in [5.41, 5.74) is 0. The highest BCUT2D eigenvalue weighted by molar-refractivity contribution is 5.69. The topological polar surface area (TPSA) is 44.8 Å². The number of hydrogen-bond donors (Lipinski definition) is 0. The lowest BCUT2D eigenvalue weighted by molar-refractivity contribution is -0.150. The normalized spacial score (nSPS) is 11.5. The maximum atomic E-state index is 12.5. The fraction of sp³-hybridized carbons (Fsp3) is 0.974. The van der Waals surface area contributed by atoms with Crippen LogP contribution in [-0.4, -0.2) is 39.0 Å². The van der Waals surface area contributed by atoms with Gasteiger partial charge in [-0.25, -0.2) is 0 Å². The van der Waals surface area contributed by atoms with Gasteiger partial charge in [-0.2, -0.15) is 0 Å². The first-order valence-electron chi connectivity index (χ1n) is 19.0. The van der Waals surface area contributed by atoms with E-state index >= 15 is 0 Å². The third-order valence-corrected chi connectivity index (χ3v) is 8.66. The number of unbranched alkanes of at least 4 members (excludes halogenated alkanes) is 24. The average Bonchev–Trinajstić information content (AvgIpc) is 2.99. The first-order chi connectivity index (χ1) is 20.7. The van der Waals surface area contributed by atoms with Crippen LogP contribution in [0.25, 0.3) is 0 Å². The van der Waals surface area contributed by atoms with Gasteiger partial charge in [0, 0.05) is 20.1 Å². The van der Waals surface area contributed by atoms with Crippen LogP contribution in [-0.2, 0) is 19.0 Å². The summed E-state index contributed by atoms with van der Waals surface area (Å²) in [5, 5.41) is 0. The summed E-state index contributed by atoms with van der Waals surface area (Å²) in [6.07, 6.45) is 39.0. The van der Waals surface area contributed by atoms with E-state index < -0.39 is 0 Å². The van der Waals surface area contributed by atoms with Crippen molar-refractivity contribution in [2.24, 2.45) is 0 Å². The fourth-order valence-corrected chi connectivity index (χ4v) is 5.85. The number of rotatable bonds is 36. The molecule has 0 saturated heterocycles. The van der Waals surface area contributed by atoms with Crippen LogP contribution in [0.4, 0.5) is 0 Å². The van der Waals surface area contributed by atoms with E-state index in [1.807, 2.05) is 0 Å². The zero-order chi connectivity index (χ0) is 30.6. The van der Waals surface area contributed by atoms with Crippen LogP contribution in [0.15, 0.2) is 0 Å². The molecule has 0 aliphatic rings. The molecule has 0 aromatic rings. The molecule has 0 N–H and O–H groups in total. The van der Waals surface area contributed by atoms with E-state index in [0.717, 1.165) is 19.3 Å². The summed E-state index contributed by atoms with van der Waals surface area (Å²) in [5.74, 6) is -0.0419. The van der Waals surface area contributed by atoms with Crippen LogP contribution < -0.4 is 0 Å². The Balaban J connectivity index is 3.98. The molecule has 0 heterocycles. The summed E-state index contributed by atoms with van der Waals surface area (Å²) < 4.78 is 16.5. The molecule has 0 aromatic carbocycles. The molecule has 0 radical (unpaired) electrons. The molecular formula is C38H76O4. The van der Waals surface area contributed by atoms with Gasteiger partial charge in [0.25, 0.3) is 0 Å². The quantitative estimate of drug-likeness (QED) is 0.0533. The van der Waals surface area contributed by atoms with Gasteiger partial charge in [-0.15, -0.1) is 0 Å². The lowest BCUT2D eigenvalue weighted by Gasteiger charge is -2.18. The van der Waals surface area contributed by atoms with Crippen molar-refractivity contribution in [2.45, 2.75) is 213 Å². The van der Waals surface area contributed by atoms with Crippen LogP contribution in [0.5, 0.6) is 0 Å². The van der Waals surface area contributed by atoms with Crippen molar-refractivity contribution in [1.82, 2.24) is 0 Å². The van der Waals surface area contributed by atoms with Gasteiger partial charge >= 0.3 is 5.97 Å². The molecule has 0 amide bonds. The van der Waals surface area contributed by atoms with E-state index in [9.17, 15) is 4.79 Å².